The van der Waals surface area contributed by atoms with Crippen LogP contribution in [0.15, 0.2) is 42.9 Å². The number of alkyl halides is 3. The monoisotopic (exact) mass is 297 g/mol. The molecule has 0 amide bonds. The van der Waals surface area contributed by atoms with Crippen molar-refractivity contribution in [1.29, 1.82) is 0 Å². The van der Waals surface area contributed by atoms with E-state index in [0.717, 1.165) is 0 Å². The molecule has 0 saturated heterocycles. The number of halogens is 3. The van der Waals surface area contributed by atoms with E-state index in [0.29, 0.717) is 17.8 Å². The van der Waals surface area contributed by atoms with Crippen molar-refractivity contribution in [1.82, 2.24) is 15.3 Å². The Labute approximate surface area is 120 Å². The molecular formula is C14H14F3N3O. The molecule has 0 aliphatic rings. The van der Waals surface area contributed by atoms with Crippen LogP contribution in [0.3, 0.4) is 0 Å². The van der Waals surface area contributed by atoms with Gasteiger partial charge >= 0.3 is 6.36 Å². The van der Waals surface area contributed by atoms with Crippen LogP contribution >= 0.6 is 0 Å². The summed E-state index contributed by atoms with van der Waals surface area (Å²) >= 11 is 0. The van der Waals surface area contributed by atoms with Gasteiger partial charge in [-0.2, -0.15) is 0 Å². The zero-order chi connectivity index (χ0) is 15.3. The average molecular weight is 297 g/mol. The van der Waals surface area contributed by atoms with Crippen molar-refractivity contribution < 1.29 is 17.9 Å². The summed E-state index contributed by atoms with van der Waals surface area (Å²) in [5.74, 6) is -0.253. The first kappa shape index (κ1) is 15.2. The van der Waals surface area contributed by atoms with Gasteiger partial charge in [-0.1, -0.05) is 19.1 Å². The molecule has 2 aromatic rings. The second-order valence-electron chi connectivity index (χ2n) is 4.25. The van der Waals surface area contributed by atoms with E-state index in [-0.39, 0.29) is 11.8 Å². The molecule has 1 aromatic carbocycles. The van der Waals surface area contributed by atoms with E-state index < -0.39 is 6.36 Å². The molecule has 0 radical (unpaired) electrons. The van der Waals surface area contributed by atoms with Gasteiger partial charge in [0.2, 0.25) is 0 Å². The lowest BCUT2D eigenvalue weighted by molar-refractivity contribution is -0.274. The summed E-state index contributed by atoms with van der Waals surface area (Å²) < 4.78 is 40.8. The zero-order valence-corrected chi connectivity index (χ0v) is 11.3. The fourth-order valence-corrected chi connectivity index (χ4v) is 1.96. The van der Waals surface area contributed by atoms with Crippen molar-refractivity contribution in [3.63, 3.8) is 0 Å². The Morgan fingerprint density at radius 2 is 2.10 bits per heavy atom. The van der Waals surface area contributed by atoms with Crippen LogP contribution in [0.2, 0.25) is 0 Å². The Hall–Kier alpha value is -2.15. The highest BCUT2D eigenvalue weighted by Crippen LogP contribution is 2.27. The molecule has 1 aromatic heterocycles. The third kappa shape index (κ3) is 4.42. The smallest absolute Gasteiger partial charge is 0.406 e. The molecule has 7 heteroatoms. The summed E-state index contributed by atoms with van der Waals surface area (Å²) in [6.07, 6.45) is -1.72. The van der Waals surface area contributed by atoms with E-state index in [9.17, 15) is 13.2 Å². The summed E-state index contributed by atoms with van der Waals surface area (Å²) in [7, 11) is 0. The van der Waals surface area contributed by atoms with Crippen LogP contribution in [0.4, 0.5) is 13.2 Å². The summed E-state index contributed by atoms with van der Waals surface area (Å²) in [6.45, 7) is 2.54. The summed E-state index contributed by atoms with van der Waals surface area (Å²) in [4.78, 5) is 7.98. The van der Waals surface area contributed by atoms with E-state index >= 15 is 0 Å². The van der Waals surface area contributed by atoms with Gasteiger partial charge in [-0.3, -0.25) is 0 Å². The number of rotatable bonds is 5. The van der Waals surface area contributed by atoms with Gasteiger partial charge in [0.25, 0.3) is 0 Å². The molecule has 0 aliphatic heterocycles. The van der Waals surface area contributed by atoms with Gasteiger partial charge in [0.1, 0.15) is 12.1 Å². The number of hydrogen-bond acceptors (Lipinski definition) is 4. The van der Waals surface area contributed by atoms with Crippen LogP contribution in [-0.2, 0) is 0 Å². The molecule has 0 aliphatic carbocycles. The molecular weight excluding hydrogens is 283 g/mol. The second kappa shape index (κ2) is 6.53. The normalized spacial score (nSPS) is 13.0. The predicted octanol–water partition coefficient (Wildman–Crippen LogP) is 3.07. The maximum atomic E-state index is 12.3. The topological polar surface area (TPSA) is 47.0 Å². The number of ether oxygens (including phenoxy) is 1. The molecule has 0 saturated carbocycles. The highest BCUT2D eigenvalue weighted by atomic mass is 19.4. The van der Waals surface area contributed by atoms with Crippen molar-refractivity contribution in [2.24, 2.45) is 0 Å². The highest BCUT2D eigenvalue weighted by molar-refractivity contribution is 5.34. The molecule has 0 bridgehead atoms. The van der Waals surface area contributed by atoms with Crippen LogP contribution in [0.1, 0.15) is 24.2 Å². The third-order valence-electron chi connectivity index (χ3n) is 2.73. The van der Waals surface area contributed by atoms with Crippen molar-refractivity contribution in [3.05, 3.63) is 54.1 Å². The number of nitrogens with zero attached hydrogens (tertiary/aromatic N) is 2. The van der Waals surface area contributed by atoms with Gasteiger partial charge in [0.15, 0.2) is 0 Å². The van der Waals surface area contributed by atoms with Crippen molar-refractivity contribution in [2.75, 3.05) is 6.54 Å². The standard InChI is InChI=1S/C14H14F3N3O/c1-2-19-13(12-6-7-18-9-20-12)10-4-3-5-11(8-10)21-14(15,16)17/h3-9,13,19H,2H2,1H3. The third-order valence-corrected chi connectivity index (χ3v) is 2.73. The average Bonchev–Trinajstić information content (AvgIpc) is 2.44. The quantitative estimate of drug-likeness (QED) is 0.921. The van der Waals surface area contributed by atoms with Crippen LogP contribution in [0, 0.1) is 0 Å². The van der Waals surface area contributed by atoms with Crippen LogP contribution in [0.25, 0.3) is 0 Å². The number of benzene rings is 1. The van der Waals surface area contributed by atoms with Crippen LogP contribution in [-0.4, -0.2) is 22.9 Å². The maximum Gasteiger partial charge on any atom is 0.573 e. The van der Waals surface area contributed by atoms with Gasteiger partial charge in [-0.15, -0.1) is 13.2 Å². The van der Waals surface area contributed by atoms with Crippen molar-refractivity contribution in [3.8, 4) is 5.75 Å². The van der Waals surface area contributed by atoms with E-state index in [1.165, 1.54) is 24.5 Å². The van der Waals surface area contributed by atoms with E-state index in [4.69, 9.17) is 0 Å². The fourth-order valence-electron chi connectivity index (χ4n) is 1.96. The molecule has 0 spiro atoms. The zero-order valence-electron chi connectivity index (χ0n) is 11.3. The van der Waals surface area contributed by atoms with Gasteiger partial charge < -0.3 is 10.1 Å². The van der Waals surface area contributed by atoms with Crippen LogP contribution < -0.4 is 10.1 Å². The largest absolute Gasteiger partial charge is 0.573 e. The van der Waals surface area contributed by atoms with E-state index in [1.807, 2.05) is 6.92 Å². The molecule has 2 rings (SSSR count). The van der Waals surface area contributed by atoms with Gasteiger partial charge in [0.05, 0.1) is 11.7 Å². The van der Waals surface area contributed by atoms with E-state index in [2.05, 4.69) is 20.0 Å². The SMILES string of the molecule is CCNC(c1cccc(OC(F)(F)F)c1)c1ccncn1. The summed E-state index contributed by atoms with van der Waals surface area (Å²) in [5.41, 5.74) is 1.31. The number of nitrogens with one attached hydrogen (secondary N) is 1. The van der Waals surface area contributed by atoms with E-state index in [1.54, 1.807) is 18.3 Å². The van der Waals surface area contributed by atoms with Gasteiger partial charge in [0, 0.05) is 6.20 Å². The van der Waals surface area contributed by atoms with Crippen molar-refractivity contribution >= 4 is 0 Å². The summed E-state index contributed by atoms with van der Waals surface area (Å²) in [6, 6.07) is 7.24. The molecule has 0 fully saturated rings. The molecule has 1 heterocycles. The Balaban J connectivity index is 2.31. The van der Waals surface area contributed by atoms with Gasteiger partial charge in [-0.05, 0) is 30.3 Å². The first-order chi connectivity index (χ1) is 9.99. The first-order valence-corrected chi connectivity index (χ1v) is 6.34. The lowest BCUT2D eigenvalue weighted by atomic mass is 10.0. The Morgan fingerprint density at radius 3 is 2.71 bits per heavy atom. The lowest BCUT2D eigenvalue weighted by Gasteiger charge is -2.18. The Kier molecular flexibility index (Phi) is 4.74. The van der Waals surface area contributed by atoms with Gasteiger partial charge in [-0.25, -0.2) is 9.97 Å². The van der Waals surface area contributed by atoms with Crippen molar-refractivity contribution in [2.45, 2.75) is 19.3 Å². The minimum absolute atomic E-state index is 0.253. The Morgan fingerprint density at radius 1 is 1.29 bits per heavy atom. The molecule has 4 nitrogen and oxygen atoms in total. The summed E-state index contributed by atoms with van der Waals surface area (Å²) in [5, 5.41) is 3.18. The fraction of sp³-hybridized carbons (Fsp3) is 0.286. The number of hydrogen-bond donors (Lipinski definition) is 1. The molecule has 1 N–H and O–H groups in total. The Bertz CT molecular complexity index is 575. The maximum absolute atomic E-state index is 12.3. The van der Waals surface area contributed by atoms with Crippen LogP contribution in [0.5, 0.6) is 5.75 Å². The molecule has 1 atom stereocenters. The molecule has 1 unspecified atom stereocenters. The molecule has 21 heavy (non-hydrogen) atoms. The second-order valence-corrected chi connectivity index (χ2v) is 4.25. The molecule has 112 valence electrons. The predicted molar refractivity (Wildman–Crippen MR) is 70.7 cm³/mol. The lowest BCUT2D eigenvalue weighted by Crippen LogP contribution is -2.23. The first-order valence-electron chi connectivity index (χ1n) is 6.34. The minimum atomic E-state index is -4.71. The highest BCUT2D eigenvalue weighted by Gasteiger charge is 2.31. The number of aromatic nitrogens is 2. The minimum Gasteiger partial charge on any atom is -0.406 e.